The Morgan fingerprint density at radius 1 is 1.14 bits per heavy atom. The van der Waals surface area contributed by atoms with E-state index < -0.39 is 5.82 Å². The summed E-state index contributed by atoms with van der Waals surface area (Å²) >= 11 is 0. The fourth-order valence-corrected chi connectivity index (χ4v) is 3.32. The van der Waals surface area contributed by atoms with Gasteiger partial charge in [-0.05, 0) is 43.2 Å². The molecule has 0 saturated carbocycles. The number of carbonyl (C=O) groups is 1. The lowest BCUT2D eigenvalue weighted by Crippen LogP contribution is -2.45. The zero-order valence-corrected chi connectivity index (χ0v) is 15.8. The minimum atomic E-state index is -0.536. The molecular weight excluding hydrogens is 380 g/mol. The third kappa shape index (κ3) is 4.23. The standard InChI is InChI=1S/C20H19F2N5O2/c1-26-18(9-17(25-26)13-4-6-14(21)7-5-13)19(28)27-8-2-3-16(12-27)29-20-23-10-15(22)11-24-20/h4-7,9-11,16H,2-3,8,12H2,1H3. The molecule has 0 bridgehead atoms. The van der Waals surface area contributed by atoms with Crippen LogP contribution in [0.1, 0.15) is 23.3 Å². The van der Waals surface area contributed by atoms with Gasteiger partial charge in [-0.25, -0.2) is 18.7 Å². The number of hydrogen-bond donors (Lipinski definition) is 0. The van der Waals surface area contributed by atoms with Crippen LogP contribution in [0.15, 0.2) is 42.7 Å². The van der Waals surface area contributed by atoms with Crippen molar-refractivity contribution in [1.29, 1.82) is 0 Å². The van der Waals surface area contributed by atoms with E-state index in [0.717, 1.165) is 30.8 Å². The molecule has 0 aliphatic carbocycles. The molecule has 29 heavy (non-hydrogen) atoms. The number of halogens is 2. The average molecular weight is 399 g/mol. The highest BCUT2D eigenvalue weighted by atomic mass is 19.1. The molecular formula is C20H19F2N5O2. The number of benzene rings is 1. The number of amides is 1. The van der Waals surface area contributed by atoms with Gasteiger partial charge in [-0.15, -0.1) is 0 Å². The van der Waals surface area contributed by atoms with Gasteiger partial charge in [0.05, 0.1) is 24.6 Å². The Morgan fingerprint density at radius 3 is 2.59 bits per heavy atom. The molecule has 1 aliphatic rings. The smallest absolute Gasteiger partial charge is 0.316 e. The van der Waals surface area contributed by atoms with Gasteiger partial charge in [0.25, 0.3) is 5.91 Å². The van der Waals surface area contributed by atoms with Crippen LogP contribution in [0.3, 0.4) is 0 Å². The molecule has 1 atom stereocenters. The molecule has 1 fully saturated rings. The van der Waals surface area contributed by atoms with Crippen molar-refractivity contribution in [3.8, 4) is 17.3 Å². The van der Waals surface area contributed by atoms with Crippen LogP contribution in [0.5, 0.6) is 6.01 Å². The molecule has 2 aromatic heterocycles. The van der Waals surface area contributed by atoms with Crippen LogP contribution in [0.25, 0.3) is 11.3 Å². The Kier molecular flexibility index (Phi) is 5.20. The number of nitrogens with zero attached hydrogens (tertiary/aromatic N) is 5. The first kappa shape index (κ1) is 19.0. The van der Waals surface area contributed by atoms with Crippen LogP contribution in [0.2, 0.25) is 0 Å². The number of likely N-dealkylation sites (tertiary alicyclic amines) is 1. The summed E-state index contributed by atoms with van der Waals surface area (Å²) in [6, 6.07) is 7.75. The van der Waals surface area contributed by atoms with Gasteiger partial charge in [-0.2, -0.15) is 5.10 Å². The van der Waals surface area contributed by atoms with Gasteiger partial charge in [0.1, 0.15) is 17.6 Å². The van der Waals surface area contributed by atoms with Crippen molar-refractivity contribution < 1.29 is 18.3 Å². The van der Waals surface area contributed by atoms with Gasteiger partial charge in [0, 0.05) is 19.2 Å². The van der Waals surface area contributed by atoms with E-state index >= 15 is 0 Å². The van der Waals surface area contributed by atoms with Crippen LogP contribution < -0.4 is 4.74 Å². The second-order valence-corrected chi connectivity index (χ2v) is 6.86. The second kappa shape index (κ2) is 7.94. The van der Waals surface area contributed by atoms with Crippen molar-refractivity contribution in [2.75, 3.05) is 13.1 Å². The van der Waals surface area contributed by atoms with Crippen molar-refractivity contribution >= 4 is 5.91 Å². The summed E-state index contributed by atoms with van der Waals surface area (Å²) in [5.74, 6) is -1.03. The Hall–Kier alpha value is -3.36. The Balaban J connectivity index is 1.47. The quantitative estimate of drug-likeness (QED) is 0.675. The van der Waals surface area contributed by atoms with E-state index in [4.69, 9.17) is 4.74 Å². The predicted octanol–water partition coefficient (Wildman–Crippen LogP) is 2.84. The molecule has 3 aromatic rings. The van der Waals surface area contributed by atoms with Crippen molar-refractivity contribution in [3.05, 3.63) is 60.1 Å². The summed E-state index contributed by atoms with van der Waals surface area (Å²) in [6.45, 7) is 0.969. The predicted molar refractivity (Wildman–Crippen MR) is 100 cm³/mol. The number of rotatable bonds is 4. The molecule has 0 spiro atoms. The summed E-state index contributed by atoms with van der Waals surface area (Å²) in [4.78, 5) is 22.3. The number of piperidine rings is 1. The van der Waals surface area contributed by atoms with Crippen LogP contribution in [-0.4, -0.2) is 49.7 Å². The lowest BCUT2D eigenvalue weighted by Gasteiger charge is -2.32. The van der Waals surface area contributed by atoms with Crippen molar-refractivity contribution in [1.82, 2.24) is 24.6 Å². The molecule has 1 saturated heterocycles. The number of aryl methyl sites for hydroxylation is 1. The lowest BCUT2D eigenvalue weighted by molar-refractivity contribution is 0.0506. The zero-order chi connectivity index (χ0) is 20.4. The molecule has 7 nitrogen and oxygen atoms in total. The monoisotopic (exact) mass is 399 g/mol. The summed E-state index contributed by atoms with van der Waals surface area (Å²) in [5.41, 5.74) is 1.76. The molecule has 9 heteroatoms. The largest absolute Gasteiger partial charge is 0.458 e. The van der Waals surface area contributed by atoms with Gasteiger partial charge < -0.3 is 9.64 Å². The van der Waals surface area contributed by atoms with Gasteiger partial charge >= 0.3 is 6.01 Å². The Morgan fingerprint density at radius 2 is 1.86 bits per heavy atom. The van der Waals surface area contributed by atoms with E-state index in [9.17, 15) is 13.6 Å². The second-order valence-electron chi connectivity index (χ2n) is 6.86. The first-order chi connectivity index (χ1) is 14.0. The molecule has 1 aliphatic heterocycles. The normalized spacial score (nSPS) is 16.7. The highest BCUT2D eigenvalue weighted by Crippen LogP contribution is 2.22. The Labute approximate surface area is 166 Å². The van der Waals surface area contributed by atoms with Gasteiger partial charge in [-0.3, -0.25) is 9.48 Å². The summed E-state index contributed by atoms with van der Waals surface area (Å²) in [6.07, 6.45) is 3.32. The summed E-state index contributed by atoms with van der Waals surface area (Å²) < 4.78 is 33.3. The number of hydrogen-bond acceptors (Lipinski definition) is 5. The number of aromatic nitrogens is 4. The van der Waals surface area contributed by atoms with Gasteiger partial charge in [0.2, 0.25) is 0 Å². The SMILES string of the molecule is Cn1nc(-c2ccc(F)cc2)cc1C(=O)N1CCCC(Oc2ncc(F)cn2)C1. The highest BCUT2D eigenvalue weighted by Gasteiger charge is 2.28. The topological polar surface area (TPSA) is 73.1 Å². The third-order valence-corrected chi connectivity index (χ3v) is 4.77. The van der Waals surface area contributed by atoms with E-state index in [1.54, 1.807) is 30.1 Å². The van der Waals surface area contributed by atoms with E-state index in [-0.39, 0.29) is 23.8 Å². The number of carbonyl (C=O) groups excluding carboxylic acids is 1. The summed E-state index contributed by atoms with van der Waals surface area (Å²) in [7, 11) is 1.70. The average Bonchev–Trinajstić information content (AvgIpc) is 3.11. The minimum Gasteiger partial charge on any atom is -0.458 e. The molecule has 1 aromatic carbocycles. The van der Waals surface area contributed by atoms with E-state index in [1.165, 1.54) is 16.8 Å². The fraction of sp³-hybridized carbons (Fsp3) is 0.300. The van der Waals surface area contributed by atoms with Gasteiger partial charge in [-0.1, -0.05) is 0 Å². The Bertz CT molecular complexity index is 1000. The maximum atomic E-state index is 13.1. The first-order valence-corrected chi connectivity index (χ1v) is 9.23. The van der Waals surface area contributed by atoms with Gasteiger partial charge in [0.15, 0.2) is 5.82 Å². The van der Waals surface area contributed by atoms with Crippen LogP contribution in [0, 0.1) is 11.6 Å². The fourth-order valence-electron chi connectivity index (χ4n) is 3.32. The third-order valence-electron chi connectivity index (χ3n) is 4.77. The molecule has 1 unspecified atom stereocenters. The molecule has 4 rings (SSSR count). The zero-order valence-electron chi connectivity index (χ0n) is 15.8. The molecule has 1 amide bonds. The summed E-state index contributed by atoms with van der Waals surface area (Å²) in [5, 5.41) is 4.38. The highest BCUT2D eigenvalue weighted by molar-refractivity contribution is 5.93. The van der Waals surface area contributed by atoms with Crippen molar-refractivity contribution in [2.45, 2.75) is 18.9 Å². The van der Waals surface area contributed by atoms with Crippen LogP contribution in [0.4, 0.5) is 8.78 Å². The minimum absolute atomic E-state index is 0.0878. The molecule has 0 N–H and O–H groups in total. The maximum Gasteiger partial charge on any atom is 0.316 e. The number of ether oxygens (including phenoxy) is 1. The van der Waals surface area contributed by atoms with Crippen LogP contribution in [-0.2, 0) is 7.05 Å². The molecule has 150 valence electrons. The van der Waals surface area contributed by atoms with E-state index in [2.05, 4.69) is 15.1 Å². The van der Waals surface area contributed by atoms with Crippen LogP contribution >= 0.6 is 0 Å². The maximum absolute atomic E-state index is 13.1. The van der Waals surface area contributed by atoms with E-state index in [0.29, 0.717) is 24.5 Å². The molecule has 0 radical (unpaired) electrons. The van der Waals surface area contributed by atoms with E-state index in [1.807, 2.05) is 0 Å². The lowest BCUT2D eigenvalue weighted by atomic mass is 10.1. The van der Waals surface area contributed by atoms with Crippen molar-refractivity contribution in [3.63, 3.8) is 0 Å². The first-order valence-electron chi connectivity index (χ1n) is 9.23. The molecule has 3 heterocycles. The van der Waals surface area contributed by atoms with Crippen molar-refractivity contribution in [2.24, 2.45) is 7.05 Å².